The standard InChI is InChI=1S/C14H21NO/c1-11-6-7-14-12(9-11)10-13(16-14)5-3-4-8-15-2/h6-7,9,13,15H,3-5,8,10H2,1-2H3. The summed E-state index contributed by atoms with van der Waals surface area (Å²) in [6, 6.07) is 6.49. The van der Waals surface area contributed by atoms with Gasteiger partial charge in [0.2, 0.25) is 0 Å². The molecule has 1 aliphatic heterocycles. The summed E-state index contributed by atoms with van der Waals surface area (Å²) in [5.41, 5.74) is 2.72. The lowest BCUT2D eigenvalue weighted by Gasteiger charge is -2.09. The van der Waals surface area contributed by atoms with Gasteiger partial charge in [-0.2, -0.15) is 0 Å². The molecule has 1 heterocycles. The van der Waals surface area contributed by atoms with Gasteiger partial charge in [-0.3, -0.25) is 0 Å². The molecule has 0 aromatic heterocycles. The number of nitrogens with one attached hydrogen (secondary N) is 1. The molecule has 0 spiro atoms. The van der Waals surface area contributed by atoms with Gasteiger partial charge < -0.3 is 10.1 Å². The molecule has 1 N–H and O–H groups in total. The Labute approximate surface area is 98.0 Å². The fourth-order valence-electron chi connectivity index (χ4n) is 2.28. The van der Waals surface area contributed by atoms with Crippen LogP contribution in [0.3, 0.4) is 0 Å². The second kappa shape index (κ2) is 5.35. The van der Waals surface area contributed by atoms with E-state index in [2.05, 4.69) is 30.4 Å². The third kappa shape index (κ3) is 2.76. The zero-order valence-corrected chi connectivity index (χ0v) is 10.3. The minimum absolute atomic E-state index is 0.411. The Kier molecular flexibility index (Phi) is 3.83. The van der Waals surface area contributed by atoms with Gasteiger partial charge in [-0.25, -0.2) is 0 Å². The van der Waals surface area contributed by atoms with Crippen LogP contribution in [0.2, 0.25) is 0 Å². The summed E-state index contributed by atoms with van der Waals surface area (Å²) in [7, 11) is 2.00. The quantitative estimate of drug-likeness (QED) is 0.769. The van der Waals surface area contributed by atoms with Gasteiger partial charge in [0.1, 0.15) is 11.9 Å². The summed E-state index contributed by atoms with van der Waals surface area (Å²) < 4.78 is 5.92. The van der Waals surface area contributed by atoms with E-state index in [4.69, 9.17) is 4.74 Å². The number of hydrogen-bond acceptors (Lipinski definition) is 2. The maximum atomic E-state index is 5.92. The van der Waals surface area contributed by atoms with Crippen molar-refractivity contribution >= 4 is 0 Å². The first-order valence-electron chi connectivity index (χ1n) is 6.20. The highest BCUT2D eigenvalue weighted by Gasteiger charge is 2.21. The van der Waals surface area contributed by atoms with Crippen LogP contribution in [0.15, 0.2) is 18.2 Å². The Morgan fingerprint density at radius 2 is 2.25 bits per heavy atom. The zero-order valence-electron chi connectivity index (χ0n) is 10.3. The molecule has 2 nitrogen and oxygen atoms in total. The van der Waals surface area contributed by atoms with Crippen molar-refractivity contribution in [2.24, 2.45) is 0 Å². The third-order valence-electron chi connectivity index (χ3n) is 3.16. The maximum absolute atomic E-state index is 5.92. The Balaban J connectivity index is 1.81. The Morgan fingerprint density at radius 3 is 3.06 bits per heavy atom. The topological polar surface area (TPSA) is 21.3 Å². The SMILES string of the molecule is CNCCCCC1Cc2cc(C)ccc2O1. The minimum atomic E-state index is 0.411. The predicted molar refractivity (Wildman–Crippen MR) is 67.1 cm³/mol. The number of ether oxygens (including phenoxy) is 1. The summed E-state index contributed by atoms with van der Waals surface area (Å²) in [5, 5.41) is 3.18. The van der Waals surface area contributed by atoms with Gasteiger partial charge in [0.25, 0.3) is 0 Å². The highest BCUT2D eigenvalue weighted by atomic mass is 16.5. The van der Waals surface area contributed by atoms with Crippen LogP contribution < -0.4 is 10.1 Å². The van der Waals surface area contributed by atoms with E-state index in [-0.39, 0.29) is 0 Å². The number of fused-ring (bicyclic) bond motifs is 1. The van der Waals surface area contributed by atoms with E-state index < -0.39 is 0 Å². The molecule has 16 heavy (non-hydrogen) atoms. The van der Waals surface area contributed by atoms with E-state index in [1.807, 2.05) is 7.05 Å². The van der Waals surface area contributed by atoms with Crippen LogP contribution >= 0.6 is 0 Å². The lowest BCUT2D eigenvalue weighted by Crippen LogP contribution is -2.14. The molecule has 0 saturated heterocycles. The lowest BCUT2D eigenvalue weighted by atomic mass is 10.0. The van der Waals surface area contributed by atoms with Crippen LogP contribution in [0, 0.1) is 6.92 Å². The number of unbranched alkanes of at least 4 members (excludes halogenated alkanes) is 1. The first-order valence-corrected chi connectivity index (χ1v) is 6.20. The third-order valence-corrected chi connectivity index (χ3v) is 3.16. The fourth-order valence-corrected chi connectivity index (χ4v) is 2.28. The average Bonchev–Trinajstić information content (AvgIpc) is 2.66. The molecule has 1 aromatic rings. The van der Waals surface area contributed by atoms with Crippen molar-refractivity contribution in [2.75, 3.05) is 13.6 Å². The van der Waals surface area contributed by atoms with Crippen molar-refractivity contribution < 1.29 is 4.74 Å². The molecule has 0 fully saturated rings. The number of benzene rings is 1. The summed E-state index contributed by atoms with van der Waals surface area (Å²) in [6.45, 7) is 3.25. The van der Waals surface area contributed by atoms with E-state index in [1.165, 1.54) is 30.4 Å². The molecule has 0 radical (unpaired) electrons. The van der Waals surface area contributed by atoms with Crippen LogP contribution in [0.5, 0.6) is 5.75 Å². The average molecular weight is 219 g/mol. The second-order valence-corrected chi connectivity index (χ2v) is 4.65. The van der Waals surface area contributed by atoms with Crippen LogP contribution in [0.1, 0.15) is 30.4 Å². The molecule has 1 aromatic carbocycles. The van der Waals surface area contributed by atoms with E-state index in [1.54, 1.807) is 0 Å². The molecule has 0 amide bonds. The predicted octanol–water partition coefficient (Wildman–Crippen LogP) is 2.69. The van der Waals surface area contributed by atoms with Crippen molar-refractivity contribution in [2.45, 2.75) is 38.7 Å². The van der Waals surface area contributed by atoms with Gasteiger partial charge in [0.05, 0.1) is 0 Å². The van der Waals surface area contributed by atoms with Crippen LogP contribution in [-0.4, -0.2) is 19.7 Å². The number of hydrogen-bond donors (Lipinski definition) is 1. The highest BCUT2D eigenvalue weighted by molar-refractivity contribution is 5.40. The Hall–Kier alpha value is -1.02. The summed E-state index contributed by atoms with van der Waals surface area (Å²) >= 11 is 0. The molecule has 0 bridgehead atoms. The van der Waals surface area contributed by atoms with Crippen molar-refractivity contribution in [1.82, 2.24) is 5.32 Å². The molecular formula is C14H21NO. The smallest absolute Gasteiger partial charge is 0.123 e. The highest BCUT2D eigenvalue weighted by Crippen LogP contribution is 2.31. The van der Waals surface area contributed by atoms with E-state index in [0.717, 1.165) is 18.7 Å². The maximum Gasteiger partial charge on any atom is 0.123 e. The van der Waals surface area contributed by atoms with Crippen LogP contribution in [0.4, 0.5) is 0 Å². The molecule has 1 atom stereocenters. The molecule has 88 valence electrons. The number of rotatable bonds is 5. The molecule has 1 unspecified atom stereocenters. The van der Waals surface area contributed by atoms with Gasteiger partial charge in [-0.1, -0.05) is 17.7 Å². The molecule has 0 aliphatic carbocycles. The molecule has 2 heteroatoms. The second-order valence-electron chi connectivity index (χ2n) is 4.65. The Bertz CT molecular complexity index is 349. The van der Waals surface area contributed by atoms with Crippen molar-refractivity contribution in [3.63, 3.8) is 0 Å². The molecule has 1 aliphatic rings. The first-order chi connectivity index (χ1) is 7.79. The molecular weight excluding hydrogens is 198 g/mol. The fraction of sp³-hybridized carbons (Fsp3) is 0.571. The van der Waals surface area contributed by atoms with Gasteiger partial charge in [0.15, 0.2) is 0 Å². The van der Waals surface area contributed by atoms with Gasteiger partial charge in [-0.15, -0.1) is 0 Å². The Morgan fingerprint density at radius 1 is 1.38 bits per heavy atom. The zero-order chi connectivity index (χ0) is 11.4. The van der Waals surface area contributed by atoms with Gasteiger partial charge >= 0.3 is 0 Å². The molecule has 2 rings (SSSR count). The van der Waals surface area contributed by atoms with Gasteiger partial charge in [0, 0.05) is 6.42 Å². The van der Waals surface area contributed by atoms with Crippen molar-refractivity contribution in [1.29, 1.82) is 0 Å². The van der Waals surface area contributed by atoms with Crippen molar-refractivity contribution in [3.05, 3.63) is 29.3 Å². The van der Waals surface area contributed by atoms with Crippen LogP contribution in [-0.2, 0) is 6.42 Å². The van der Waals surface area contributed by atoms with E-state index in [0.29, 0.717) is 6.10 Å². The van der Waals surface area contributed by atoms with Gasteiger partial charge in [-0.05, 0) is 51.4 Å². The summed E-state index contributed by atoms with van der Waals surface area (Å²) in [5.74, 6) is 1.10. The summed E-state index contributed by atoms with van der Waals surface area (Å²) in [4.78, 5) is 0. The first kappa shape index (κ1) is 11.5. The van der Waals surface area contributed by atoms with Crippen LogP contribution in [0.25, 0.3) is 0 Å². The largest absolute Gasteiger partial charge is 0.490 e. The monoisotopic (exact) mass is 219 g/mol. The molecule has 0 saturated carbocycles. The lowest BCUT2D eigenvalue weighted by molar-refractivity contribution is 0.217. The van der Waals surface area contributed by atoms with E-state index in [9.17, 15) is 0 Å². The normalized spacial score (nSPS) is 18.2. The van der Waals surface area contributed by atoms with Crippen molar-refractivity contribution in [3.8, 4) is 5.75 Å². The van der Waals surface area contributed by atoms with E-state index >= 15 is 0 Å². The minimum Gasteiger partial charge on any atom is -0.490 e. The summed E-state index contributed by atoms with van der Waals surface area (Å²) in [6.07, 6.45) is 5.17. The number of aryl methyl sites for hydroxylation is 1.